The molecule has 0 aromatic heterocycles. The van der Waals surface area contributed by atoms with E-state index >= 15 is 0 Å². The van der Waals surface area contributed by atoms with Gasteiger partial charge in [0.1, 0.15) is 0 Å². The molecule has 1 fully saturated rings. The lowest BCUT2D eigenvalue weighted by atomic mass is 10.0. The summed E-state index contributed by atoms with van der Waals surface area (Å²) < 4.78 is 0. The summed E-state index contributed by atoms with van der Waals surface area (Å²) in [5, 5.41) is 0. The van der Waals surface area contributed by atoms with Crippen LogP contribution in [0.3, 0.4) is 0 Å². The van der Waals surface area contributed by atoms with Crippen LogP contribution in [0.4, 0.5) is 0 Å². The van der Waals surface area contributed by atoms with Crippen LogP contribution in [0.15, 0.2) is 60.7 Å². The Bertz CT molecular complexity index is 568. The number of hydrogen-bond acceptors (Lipinski definition) is 0. The molecule has 0 bridgehead atoms. The second-order valence-corrected chi connectivity index (χ2v) is 6.57. The molecular weight excluding hydrogens is 264 g/mol. The summed E-state index contributed by atoms with van der Waals surface area (Å²) in [7, 11) is 0. The first-order chi connectivity index (χ1) is 10.3. The van der Waals surface area contributed by atoms with Crippen LogP contribution in [0.5, 0.6) is 0 Å². The summed E-state index contributed by atoms with van der Waals surface area (Å²) in [5.74, 6) is 0.907. The Morgan fingerprint density at radius 3 is 1.86 bits per heavy atom. The second-order valence-electron chi connectivity index (χ2n) is 6.57. The molecule has 0 saturated heterocycles. The maximum Gasteiger partial charge on any atom is -0.0179 e. The SMILES string of the molecule is C=C(C)C1CC1.C=C/C(=C\C=C(C)C)c1cc(C)cc(C)c1. The van der Waals surface area contributed by atoms with E-state index in [4.69, 9.17) is 0 Å². The molecule has 1 aromatic carbocycles. The van der Waals surface area contributed by atoms with Gasteiger partial charge in [-0.1, -0.05) is 71.9 Å². The minimum absolute atomic E-state index is 0.907. The van der Waals surface area contributed by atoms with Crippen molar-refractivity contribution in [1.82, 2.24) is 0 Å². The molecule has 0 unspecified atom stereocenters. The zero-order chi connectivity index (χ0) is 16.7. The van der Waals surface area contributed by atoms with E-state index in [1.165, 1.54) is 46.3 Å². The van der Waals surface area contributed by atoms with Crippen molar-refractivity contribution < 1.29 is 0 Å². The molecule has 1 aliphatic carbocycles. The van der Waals surface area contributed by atoms with Crippen LogP contribution in [-0.4, -0.2) is 0 Å². The first-order valence-corrected chi connectivity index (χ1v) is 8.05. The van der Waals surface area contributed by atoms with Gasteiger partial charge >= 0.3 is 0 Å². The van der Waals surface area contributed by atoms with Gasteiger partial charge in [-0.15, -0.1) is 0 Å². The second kappa shape index (κ2) is 8.58. The van der Waals surface area contributed by atoms with Crippen LogP contribution in [0, 0.1) is 19.8 Å². The highest BCUT2D eigenvalue weighted by atomic mass is 14.3. The van der Waals surface area contributed by atoms with Gasteiger partial charge < -0.3 is 0 Å². The molecule has 0 amide bonds. The first kappa shape index (κ1) is 18.2. The van der Waals surface area contributed by atoms with Crippen LogP contribution >= 0.6 is 0 Å². The van der Waals surface area contributed by atoms with Gasteiger partial charge in [0.25, 0.3) is 0 Å². The Morgan fingerprint density at radius 1 is 1.00 bits per heavy atom. The van der Waals surface area contributed by atoms with Gasteiger partial charge in [0.15, 0.2) is 0 Å². The molecule has 22 heavy (non-hydrogen) atoms. The van der Waals surface area contributed by atoms with Crippen LogP contribution in [0.25, 0.3) is 5.57 Å². The Labute approximate surface area is 137 Å². The van der Waals surface area contributed by atoms with Crippen molar-refractivity contribution >= 4 is 5.57 Å². The quantitative estimate of drug-likeness (QED) is 0.422. The number of rotatable bonds is 4. The molecule has 2 rings (SSSR count). The van der Waals surface area contributed by atoms with E-state index in [2.05, 4.69) is 78.1 Å². The summed E-state index contributed by atoms with van der Waals surface area (Å²) in [6, 6.07) is 6.57. The van der Waals surface area contributed by atoms with Gasteiger partial charge in [0, 0.05) is 0 Å². The number of benzene rings is 1. The maximum atomic E-state index is 3.88. The minimum atomic E-state index is 0.907. The van der Waals surface area contributed by atoms with Crippen molar-refractivity contribution in [2.45, 2.75) is 47.5 Å². The monoisotopic (exact) mass is 294 g/mol. The summed E-state index contributed by atoms with van der Waals surface area (Å²) in [5.41, 5.74) is 7.66. The largest absolute Gasteiger partial charge is 0.0999 e. The molecule has 118 valence electrons. The van der Waals surface area contributed by atoms with Gasteiger partial charge in [-0.3, -0.25) is 0 Å². The van der Waals surface area contributed by atoms with E-state index in [1.54, 1.807) is 0 Å². The van der Waals surface area contributed by atoms with Crippen LogP contribution < -0.4 is 0 Å². The van der Waals surface area contributed by atoms with E-state index in [1.807, 2.05) is 6.08 Å². The fourth-order valence-corrected chi connectivity index (χ4v) is 2.26. The first-order valence-electron chi connectivity index (χ1n) is 8.05. The molecule has 1 saturated carbocycles. The van der Waals surface area contributed by atoms with Crippen molar-refractivity contribution in [1.29, 1.82) is 0 Å². The van der Waals surface area contributed by atoms with E-state index in [9.17, 15) is 0 Å². The molecule has 0 heteroatoms. The molecule has 0 heterocycles. The Balaban J connectivity index is 0.000000335. The topological polar surface area (TPSA) is 0 Å². The third-order valence-electron chi connectivity index (χ3n) is 3.65. The van der Waals surface area contributed by atoms with Crippen LogP contribution in [0.2, 0.25) is 0 Å². The van der Waals surface area contributed by atoms with E-state index in [0.717, 1.165) is 5.92 Å². The Morgan fingerprint density at radius 2 is 1.55 bits per heavy atom. The normalized spacial score (nSPS) is 13.8. The summed E-state index contributed by atoms with van der Waals surface area (Å²) >= 11 is 0. The van der Waals surface area contributed by atoms with E-state index in [0.29, 0.717) is 0 Å². The van der Waals surface area contributed by atoms with Crippen molar-refractivity contribution in [3.05, 3.63) is 77.4 Å². The summed E-state index contributed by atoms with van der Waals surface area (Å²) in [6.07, 6.45) is 8.95. The summed E-state index contributed by atoms with van der Waals surface area (Å²) in [4.78, 5) is 0. The molecule has 1 aliphatic rings. The zero-order valence-corrected chi connectivity index (χ0v) is 14.9. The molecular formula is C22H30. The average Bonchev–Trinajstić information content (AvgIpc) is 3.23. The molecule has 0 atom stereocenters. The predicted octanol–water partition coefficient (Wildman–Crippen LogP) is 6.81. The number of hydrogen-bond donors (Lipinski definition) is 0. The number of allylic oxidation sites excluding steroid dienone is 6. The third-order valence-corrected chi connectivity index (χ3v) is 3.65. The lowest BCUT2D eigenvalue weighted by molar-refractivity contribution is 1.02. The third kappa shape index (κ3) is 6.76. The van der Waals surface area contributed by atoms with Crippen molar-refractivity contribution in [2.75, 3.05) is 0 Å². The minimum Gasteiger partial charge on any atom is -0.0999 e. The van der Waals surface area contributed by atoms with Crippen LogP contribution in [-0.2, 0) is 0 Å². The van der Waals surface area contributed by atoms with Gasteiger partial charge in [0.05, 0.1) is 0 Å². The highest BCUT2D eigenvalue weighted by Gasteiger charge is 2.20. The van der Waals surface area contributed by atoms with E-state index in [-0.39, 0.29) is 0 Å². The van der Waals surface area contributed by atoms with Crippen LogP contribution in [0.1, 0.15) is 50.3 Å². The average molecular weight is 294 g/mol. The smallest absolute Gasteiger partial charge is 0.0179 e. The molecule has 0 aliphatic heterocycles. The lowest BCUT2D eigenvalue weighted by Gasteiger charge is -2.05. The van der Waals surface area contributed by atoms with Gasteiger partial charge in [-0.2, -0.15) is 0 Å². The van der Waals surface area contributed by atoms with Crippen molar-refractivity contribution in [3.8, 4) is 0 Å². The predicted molar refractivity (Wildman–Crippen MR) is 101 cm³/mol. The van der Waals surface area contributed by atoms with Gasteiger partial charge in [-0.25, -0.2) is 0 Å². The maximum absolute atomic E-state index is 3.88. The molecule has 1 aromatic rings. The molecule has 0 radical (unpaired) electrons. The highest BCUT2D eigenvalue weighted by molar-refractivity contribution is 5.75. The highest BCUT2D eigenvalue weighted by Crippen LogP contribution is 2.34. The lowest BCUT2D eigenvalue weighted by Crippen LogP contribution is -1.85. The van der Waals surface area contributed by atoms with Gasteiger partial charge in [0.2, 0.25) is 0 Å². The molecule has 0 spiro atoms. The molecule has 0 N–H and O–H groups in total. The zero-order valence-electron chi connectivity index (χ0n) is 14.9. The standard InChI is InChI=1S/C16H20.C6H10/c1-6-15(8-7-12(2)3)16-10-13(4)9-14(5)11-16;1-5(2)6-3-4-6/h6-11H,1H2,2-5H3;6H,1,3-4H2,2H3/b15-8+;. The Hall–Kier alpha value is -1.82. The fourth-order valence-electron chi connectivity index (χ4n) is 2.26. The van der Waals surface area contributed by atoms with E-state index < -0.39 is 0 Å². The van der Waals surface area contributed by atoms with Crippen molar-refractivity contribution in [3.63, 3.8) is 0 Å². The van der Waals surface area contributed by atoms with Crippen molar-refractivity contribution in [2.24, 2.45) is 5.92 Å². The summed E-state index contributed by atoms with van der Waals surface area (Å²) in [6.45, 7) is 18.2. The van der Waals surface area contributed by atoms with Gasteiger partial charge in [-0.05, 0) is 64.5 Å². The Kier molecular flexibility index (Phi) is 7.11. The number of aryl methyl sites for hydroxylation is 2. The fraction of sp³-hybridized carbons (Fsp3) is 0.364. The molecule has 0 nitrogen and oxygen atoms in total.